The van der Waals surface area contributed by atoms with Crippen molar-refractivity contribution in [1.29, 1.82) is 0 Å². The summed E-state index contributed by atoms with van der Waals surface area (Å²) in [6.45, 7) is 3.21. The summed E-state index contributed by atoms with van der Waals surface area (Å²) in [5.74, 6) is -1.45. The fourth-order valence-electron chi connectivity index (χ4n) is 1.97. The molecule has 0 unspecified atom stereocenters. The fraction of sp³-hybridized carbons (Fsp3) is 0.118. The molecule has 0 saturated carbocycles. The lowest BCUT2D eigenvalue weighted by Crippen LogP contribution is -2.22. The molecule has 0 aliphatic carbocycles. The lowest BCUT2D eigenvalue weighted by atomic mass is 10.1. The SMILES string of the molecule is CC(=O)Nc1cccc(/C(C)=N\Nc2cc(C(=O)[O-])ccc2Cl)c1. The van der Waals surface area contributed by atoms with Crippen molar-refractivity contribution in [1.82, 2.24) is 0 Å². The van der Waals surface area contributed by atoms with E-state index < -0.39 is 5.97 Å². The Morgan fingerprint density at radius 2 is 1.83 bits per heavy atom. The Kier molecular flexibility index (Phi) is 5.55. The standard InChI is InChI=1S/C17H16ClN3O3/c1-10(12-4-3-5-14(8-12)19-11(2)22)20-21-16-9-13(17(23)24)6-7-15(16)18/h3-9,21H,1-2H3,(H,19,22)(H,23,24)/p-1/b20-10-. The molecule has 1 amide bonds. The molecule has 124 valence electrons. The zero-order valence-electron chi connectivity index (χ0n) is 13.1. The molecule has 24 heavy (non-hydrogen) atoms. The van der Waals surface area contributed by atoms with Crippen LogP contribution < -0.4 is 15.8 Å². The number of halogens is 1. The van der Waals surface area contributed by atoms with Crippen molar-refractivity contribution in [3.05, 3.63) is 58.6 Å². The molecule has 0 bridgehead atoms. The minimum absolute atomic E-state index is 0.00223. The third-order valence-corrected chi connectivity index (χ3v) is 3.48. The summed E-state index contributed by atoms with van der Waals surface area (Å²) in [5, 5.41) is 18.1. The molecule has 0 spiro atoms. The van der Waals surface area contributed by atoms with Crippen molar-refractivity contribution in [2.75, 3.05) is 10.7 Å². The molecule has 0 aliphatic heterocycles. The van der Waals surface area contributed by atoms with Gasteiger partial charge in [-0.3, -0.25) is 10.2 Å². The van der Waals surface area contributed by atoms with E-state index in [-0.39, 0.29) is 11.5 Å². The summed E-state index contributed by atoms with van der Waals surface area (Å²) in [4.78, 5) is 22.0. The number of carbonyl (C=O) groups excluding carboxylic acids is 2. The minimum atomic E-state index is -1.29. The normalized spacial score (nSPS) is 11.0. The number of rotatable bonds is 5. The third kappa shape index (κ3) is 4.57. The van der Waals surface area contributed by atoms with E-state index >= 15 is 0 Å². The fourth-order valence-corrected chi connectivity index (χ4v) is 2.13. The summed E-state index contributed by atoms with van der Waals surface area (Å²) in [7, 11) is 0. The third-order valence-electron chi connectivity index (χ3n) is 3.15. The highest BCUT2D eigenvalue weighted by Crippen LogP contribution is 2.23. The van der Waals surface area contributed by atoms with Gasteiger partial charge in [-0.1, -0.05) is 29.8 Å². The quantitative estimate of drug-likeness (QED) is 0.643. The molecule has 2 N–H and O–H groups in total. The first-order chi connectivity index (χ1) is 11.4. The molecule has 0 saturated heterocycles. The topological polar surface area (TPSA) is 93.6 Å². The molecular weight excluding hydrogens is 330 g/mol. The predicted molar refractivity (Wildman–Crippen MR) is 92.4 cm³/mol. The van der Waals surface area contributed by atoms with E-state index in [1.54, 1.807) is 25.1 Å². The highest BCUT2D eigenvalue weighted by Gasteiger charge is 2.04. The second-order valence-corrected chi connectivity index (χ2v) is 5.46. The first-order valence-corrected chi connectivity index (χ1v) is 7.44. The van der Waals surface area contributed by atoms with Crippen LogP contribution in [0.15, 0.2) is 47.6 Å². The van der Waals surface area contributed by atoms with E-state index in [2.05, 4.69) is 15.8 Å². The number of hydrogen-bond acceptors (Lipinski definition) is 5. The van der Waals surface area contributed by atoms with Crippen LogP contribution >= 0.6 is 11.6 Å². The molecule has 2 aromatic carbocycles. The first kappa shape index (κ1) is 17.5. The van der Waals surface area contributed by atoms with Crippen LogP contribution in [0.5, 0.6) is 0 Å². The maximum absolute atomic E-state index is 11.1. The summed E-state index contributed by atoms with van der Waals surface area (Å²) in [6, 6.07) is 11.3. The number of carbonyl (C=O) groups is 2. The molecule has 6 nitrogen and oxygen atoms in total. The van der Waals surface area contributed by atoms with E-state index in [4.69, 9.17) is 11.6 Å². The van der Waals surface area contributed by atoms with Crippen LogP contribution in [-0.2, 0) is 4.79 Å². The van der Waals surface area contributed by atoms with Gasteiger partial charge in [0.05, 0.1) is 22.4 Å². The van der Waals surface area contributed by atoms with E-state index in [0.717, 1.165) is 5.56 Å². The summed E-state index contributed by atoms with van der Waals surface area (Å²) < 4.78 is 0. The van der Waals surface area contributed by atoms with Crippen LogP contribution in [0.4, 0.5) is 11.4 Å². The molecule has 2 rings (SSSR count). The van der Waals surface area contributed by atoms with Gasteiger partial charge < -0.3 is 15.2 Å². The Morgan fingerprint density at radius 3 is 2.50 bits per heavy atom. The first-order valence-electron chi connectivity index (χ1n) is 7.06. The van der Waals surface area contributed by atoms with Gasteiger partial charge in [-0.25, -0.2) is 0 Å². The van der Waals surface area contributed by atoms with E-state index in [1.165, 1.54) is 25.1 Å². The van der Waals surface area contributed by atoms with E-state index in [0.29, 0.717) is 22.1 Å². The highest BCUT2D eigenvalue weighted by molar-refractivity contribution is 6.33. The van der Waals surface area contributed by atoms with Crippen LogP contribution in [0.25, 0.3) is 0 Å². The molecule has 0 atom stereocenters. The summed E-state index contributed by atoms with van der Waals surface area (Å²) >= 11 is 6.02. The van der Waals surface area contributed by atoms with Crippen molar-refractivity contribution in [3.63, 3.8) is 0 Å². The Balaban J connectivity index is 2.21. The molecule has 0 fully saturated rings. The smallest absolute Gasteiger partial charge is 0.221 e. The van der Waals surface area contributed by atoms with Gasteiger partial charge >= 0.3 is 0 Å². The Bertz CT molecular complexity index is 818. The maximum Gasteiger partial charge on any atom is 0.221 e. The monoisotopic (exact) mass is 344 g/mol. The zero-order chi connectivity index (χ0) is 17.7. The maximum atomic E-state index is 11.1. The Hall–Kier alpha value is -2.86. The van der Waals surface area contributed by atoms with Crippen molar-refractivity contribution >= 4 is 40.6 Å². The van der Waals surface area contributed by atoms with E-state index in [1.807, 2.05) is 6.07 Å². The molecule has 7 heteroatoms. The molecule has 0 aromatic heterocycles. The Morgan fingerprint density at radius 1 is 1.08 bits per heavy atom. The molecule has 2 aromatic rings. The summed E-state index contributed by atoms with van der Waals surface area (Å²) in [5.41, 5.74) is 5.19. The second-order valence-electron chi connectivity index (χ2n) is 5.05. The number of benzene rings is 2. The number of carboxylic acids is 1. The van der Waals surface area contributed by atoms with Gasteiger partial charge in [-0.15, -0.1) is 0 Å². The van der Waals surface area contributed by atoms with Gasteiger partial charge in [0.15, 0.2) is 0 Å². The predicted octanol–water partition coefficient (Wildman–Crippen LogP) is 2.50. The highest BCUT2D eigenvalue weighted by atomic mass is 35.5. The van der Waals surface area contributed by atoms with Gasteiger partial charge in [-0.05, 0) is 42.3 Å². The average Bonchev–Trinajstić information content (AvgIpc) is 2.53. The van der Waals surface area contributed by atoms with Crippen molar-refractivity contribution in [2.45, 2.75) is 13.8 Å². The van der Waals surface area contributed by atoms with Crippen LogP contribution in [-0.4, -0.2) is 17.6 Å². The number of anilines is 2. The van der Waals surface area contributed by atoms with Gasteiger partial charge in [0.1, 0.15) is 0 Å². The van der Waals surface area contributed by atoms with E-state index in [9.17, 15) is 14.7 Å². The number of carboxylic acid groups (broad SMARTS) is 1. The lowest BCUT2D eigenvalue weighted by molar-refractivity contribution is -0.255. The molecule has 0 aliphatic rings. The van der Waals surface area contributed by atoms with Crippen molar-refractivity contribution < 1.29 is 14.7 Å². The molecule has 0 heterocycles. The van der Waals surface area contributed by atoms with Crippen LogP contribution in [0, 0.1) is 0 Å². The number of nitrogens with one attached hydrogen (secondary N) is 2. The minimum Gasteiger partial charge on any atom is -0.545 e. The van der Waals surface area contributed by atoms with Crippen LogP contribution in [0.2, 0.25) is 5.02 Å². The van der Waals surface area contributed by atoms with Gasteiger partial charge in [0.2, 0.25) is 5.91 Å². The molecular formula is C17H15ClN3O3-. The number of hydrogen-bond donors (Lipinski definition) is 2. The summed E-state index contributed by atoms with van der Waals surface area (Å²) in [6.07, 6.45) is 0. The van der Waals surface area contributed by atoms with Gasteiger partial charge in [-0.2, -0.15) is 5.10 Å². The van der Waals surface area contributed by atoms with Crippen LogP contribution in [0.1, 0.15) is 29.8 Å². The number of amides is 1. The second kappa shape index (κ2) is 7.61. The van der Waals surface area contributed by atoms with Gasteiger partial charge in [0.25, 0.3) is 0 Å². The number of aromatic carboxylic acids is 1. The molecule has 0 radical (unpaired) electrons. The van der Waals surface area contributed by atoms with Crippen LogP contribution in [0.3, 0.4) is 0 Å². The average molecular weight is 345 g/mol. The largest absolute Gasteiger partial charge is 0.545 e. The zero-order valence-corrected chi connectivity index (χ0v) is 13.8. The van der Waals surface area contributed by atoms with Crippen molar-refractivity contribution in [3.8, 4) is 0 Å². The number of nitrogens with zero attached hydrogens (tertiary/aromatic N) is 1. The Labute approximate surface area is 144 Å². The van der Waals surface area contributed by atoms with Gasteiger partial charge in [0, 0.05) is 12.6 Å². The number of hydrazone groups is 1. The van der Waals surface area contributed by atoms with Crippen molar-refractivity contribution in [2.24, 2.45) is 5.10 Å². The lowest BCUT2D eigenvalue weighted by Gasteiger charge is -2.09.